The van der Waals surface area contributed by atoms with E-state index in [2.05, 4.69) is 6.58 Å². The molecule has 2 rings (SSSR count). The third-order valence-corrected chi connectivity index (χ3v) is 4.23. The molecule has 2 heteroatoms. The van der Waals surface area contributed by atoms with Crippen molar-refractivity contribution in [3.05, 3.63) is 66.7 Å². The van der Waals surface area contributed by atoms with Crippen LogP contribution in [0.4, 0.5) is 0 Å². The zero-order valence-corrected chi connectivity index (χ0v) is 9.93. The lowest BCUT2D eigenvalue weighted by molar-refractivity contribution is 0.600. The minimum absolute atomic E-state index is 1.00. The van der Waals surface area contributed by atoms with Crippen LogP contribution in [0.25, 0.3) is 6.08 Å². The molecule has 0 saturated carbocycles. The fraction of sp³-hybridized carbons (Fsp3) is 0. The van der Waals surface area contributed by atoms with E-state index in [0.29, 0.717) is 0 Å². The molecule has 0 heterocycles. The van der Waals surface area contributed by atoms with E-state index in [1.807, 2.05) is 54.6 Å². The van der Waals surface area contributed by atoms with Crippen LogP contribution < -0.4 is 10.4 Å². The van der Waals surface area contributed by atoms with Crippen LogP contribution in [0.15, 0.2) is 61.2 Å². The molecule has 0 spiro atoms. The van der Waals surface area contributed by atoms with Gasteiger partial charge in [0.15, 0.2) is 0 Å². The number of hydrogen-bond acceptors (Lipinski definition) is 1. The van der Waals surface area contributed by atoms with Crippen LogP contribution in [-0.2, 0) is 0 Å². The lowest BCUT2D eigenvalue weighted by atomic mass is 10.2. The molecule has 0 atom stereocenters. The molecule has 79 valence electrons. The van der Waals surface area contributed by atoms with Gasteiger partial charge in [-0.1, -0.05) is 67.3 Å². The first-order chi connectivity index (χ1) is 7.81. The fourth-order valence-electron chi connectivity index (χ4n) is 1.54. The second-order valence-corrected chi connectivity index (χ2v) is 5.39. The van der Waals surface area contributed by atoms with Gasteiger partial charge in [0, 0.05) is 0 Å². The average molecular weight is 225 g/mol. The molecule has 1 radical (unpaired) electrons. The molecule has 0 fully saturated rings. The van der Waals surface area contributed by atoms with E-state index in [0.717, 1.165) is 15.9 Å². The highest BCUT2D eigenvalue weighted by molar-refractivity contribution is 6.78. The van der Waals surface area contributed by atoms with E-state index in [9.17, 15) is 4.80 Å². The quantitative estimate of drug-likeness (QED) is 0.784. The molecule has 1 nitrogen and oxygen atoms in total. The second kappa shape index (κ2) is 4.92. The first-order valence-corrected chi connectivity index (χ1v) is 6.60. The van der Waals surface area contributed by atoms with Crippen LogP contribution in [0.2, 0.25) is 0 Å². The normalized spacial score (nSPS) is 10.4. The lowest BCUT2D eigenvalue weighted by Gasteiger charge is -2.08. The Morgan fingerprint density at radius 3 is 2.00 bits per heavy atom. The van der Waals surface area contributed by atoms with Crippen molar-refractivity contribution < 1.29 is 4.80 Å². The summed E-state index contributed by atoms with van der Waals surface area (Å²) in [5.41, 5.74) is 1.08. The summed E-state index contributed by atoms with van der Waals surface area (Å²) < 4.78 is 0. The van der Waals surface area contributed by atoms with Crippen molar-refractivity contribution in [2.45, 2.75) is 0 Å². The van der Waals surface area contributed by atoms with E-state index in [4.69, 9.17) is 0 Å². The van der Waals surface area contributed by atoms with E-state index >= 15 is 0 Å². The van der Waals surface area contributed by atoms with Gasteiger partial charge in [0.2, 0.25) is 0 Å². The first-order valence-electron chi connectivity index (χ1n) is 5.15. The SMILES string of the molecule is C=Cc1ccc([Si](O)c2ccccc2)cc1. The van der Waals surface area contributed by atoms with Crippen molar-refractivity contribution in [1.29, 1.82) is 0 Å². The van der Waals surface area contributed by atoms with E-state index in [1.54, 1.807) is 6.08 Å². The van der Waals surface area contributed by atoms with Gasteiger partial charge in [-0.2, -0.15) is 0 Å². The predicted molar refractivity (Wildman–Crippen MR) is 70.2 cm³/mol. The smallest absolute Gasteiger partial charge is 0.280 e. The predicted octanol–water partition coefficient (Wildman–Crippen LogP) is 1.43. The fourth-order valence-corrected chi connectivity index (χ4v) is 2.86. The highest BCUT2D eigenvalue weighted by atomic mass is 28.3. The topological polar surface area (TPSA) is 20.2 Å². The number of hydrogen-bond donors (Lipinski definition) is 1. The zero-order chi connectivity index (χ0) is 11.4. The highest BCUT2D eigenvalue weighted by Gasteiger charge is 2.13. The third-order valence-electron chi connectivity index (χ3n) is 2.47. The number of rotatable bonds is 3. The third kappa shape index (κ3) is 2.29. The first kappa shape index (κ1) is 10.9. The molecule has 0 bridgehead atoms. The van der Waals surface area contributed by atoms with Crippen LogP contribution in [0.1, 0.15) is 5.56 Å². The Bertz CT molecular complexity index is 462. The molecule has 16 heavy (non-hydrogen) atoms. The van der Waals surface area contributed by atoms with Gasteiger partial charge in [-0.15, -0.1) is 0 Å². The van der Waals surface area contributed by atoms with Crippen LogP contribution in [0.5, 0.6) is 0 Å². The van der Waals surface area contributed by atoms with Gasteiger partial charge in [-0.05, 0) is 15.9 Å². The summed E-state index contributed by atoms with van der Waals surface area (Å²) in [5, 5.41) is 2.01. The number of benzene rings is 2. The van der Waals surface area contributed by atoms with Crippen LogP contribution in [0, 0.1) is 0 Å². The van der Waals surface area contributed by atoms with E-state index in [1.165, 1.54) is 0 Å². The van der Waals surface area contributed by atoms with Crippen LogP contribution in [-0.4, -0.2) is 13.8 Å². The molecule has 0 aliphatic heterocycles. The molecular formula is C14H13OSi. The summed E-state index contributed by atoms with van der Waals surface area (Å²) in [6.45, 7) is 3.71. The summed E-state index contributed by atoms with van der Waals surface area (Å²) >= 11 is 0. The summed E-state index contributed by atoms with van der Waals surface area (Å²) in [4.78, 5) is 10.2. The zero-order valence-electron chi connectivity index (χ0n) is 8.93. The molecule has 0 aliphatic carbocycles. The Morgan fingerprint density at radius 2 is 1.44 bits per heavy atom. The lowest BCUT2D eigenvalue weighted by Crippen LogP contribution is -2.42. The Morgan fingerprint density at radius 1 is 0.875 bits per heavy atom. The largest absolute Gasteiger partial charge is 0.424 e. The summed E-state index contributed by atoms with van der Waals surface area (Å²) in [6, 6.07) is 17.7. The van der Waals surface area contributed by atoms with E-state index in [-0.39, 0.29) is 0 Å². The average Bonchev–Trinajstić information content (AvgIpc) is 2.39. The van der Waals surface area contributed by atoms with Crippen LogP contribution in [0.3, 0.4) is 0 Å². The van der Waals surface area contributed by atoms with Gasteiger partial charge in [-0.25, -0.2) is 0 Å². The van der Waals surface area contributed by atoms with Gasteiger partial charge < -0.3 is 4.80 Å². The summed E-state index contributed by atoms with van der Waals surface area (Å²) in [6.07, 6.45) is 1.80. The van der Waals surface area contributed by atoms with Crippen molar-refractivity contribution in [3.8, 4) is 0 Å². The maximum absolute atomic E-state index is 10.2. The maximum Gasteiger partial charge on any atom is 0.280 e. The Labute approximate surface area is 97.4 Å². The van der Waals surface area contributed by atoms with Gasteiger partial charge in [0.25, 0.3) is 9.04 Å². The van der Waals surface area contributed by atoms with Crippen molar-refractivity contribution in [2.24, 2.45) is 0 Å². The van der Waals surface area contributed by atoms with Gasteiger partial charge in [0.1, 0.15) is 0 Å². The molecule has 0 aliphatic rings. The van der Waals surface area contributed by atoms with Gasteiger partial charge >= 0.3 is 0 Å². The molecule has 0 saturated heterocycles. The molecule has 0 aromatic heterocycles. The van der Waals surface area contributed by atoms with Crippen molar-refractivity contribution in [1.82, 2.24) is 0 Å². The van der Waals surface area contributed by atoms with Crippen molar-refractivity contribution >= 4 is 25.5 Å². The van der Waals surface area contributed by atoms with E-state index < -0.39 is 9.04 Å². The molecule has 2 aromatic rings. The molecule has 0 unspecified atom stereocenters. The maximum atomic E-state index is 10.2. The Hall–Kier alpha value is -1.64. The molecule has 2 aromatic carbocycles. The van der Waals surface area contributed by atoms with Crippen molar-refractivity contribution in [2.75, 3.05) is 0 Å². The monoisotopic (exact) mass is 225 g/mol. The Kier molecular flexibility index (Phi) is 3.34. The minimum atomic E-state index is -1.60. The Balaban J connectivity index is 2.27. The minimum Gasteiger partial charge on any atom is -0.424 e. The van der Waals surface area contributed by atoms with Crippen LogP contribution >= 0.6 is 0 Å². The molecule has 0 amide bonds. The van der Waals surface area contributed by atoms with Crippen molar-refractivity contribution in [3.63, 3.8) is 0 Å². The summed E-state index contributed by atoms with van der Waals surface area (Å²) in [7, 11) is -1.60. The van der Waals surface area contributed by atoms with Gasteiger partial charge in [-0.3, -0.25) is 0 Å². The highest BCUT2D eigenvalue weighted by Crippen LogP contribution is 1.98. The standard InChI is InChI=1S/C14H13OSi/c1-2-12-8-10-14(11-9-12)16(15)13-6-4-3-5-7-13/h2-11,15H,1H2. The molecule has 1 N–H and O–H groups in total. The summed E-state index contributed by atoms with van der Waals surface area (Å²) in [5.74, 6) is 0. The second-order valence-electron chi connectivity index (χ2n) is 3.54. The molecular weight excluding hydrogens is 212 g/mol. The van der Waals surface area contributed by atoms with Gasteiger partial charge in [0.05, 0.1) is 0 Å².